The number of benzene rings is 2. The highest BCUT2D eigenvalue weighted by Crippen LogP contribution is 2.28. The van der Waals surface area contributed by atoms with Gasteiger partial charge in [-0.1, -0.05) is 52.6 Å². The molecule has 0 radical (unpaired) electrons. The van der Waals surface area contributed by atoms with Gasteiger partial charge in [0.25, 0.3) is 5.22 Å². The van der Waals surface area contributed by atoms with Gasteiger partial charge in [0.2, 0.25) is 11.8 Å². The fourth-order valence-electron chi connectivity index (χ4n) is 2.45. The third kappa shape index (κ3) is 6.54. The summed E-state index contributed by atoms with van der Waals surface area (Å²) in [7, 11) is 0. The Morgan fingerprint density at radius 1 is 1.17 bits per heavy atom. The zero-order chi connectivity index (χ0) is 21.5. The van der Waals surface area contributed by atoms with Crippen molar-refractivity contribution in [3.63, 3.8) is 0 Å². The standard InChI is InChI=1S/C20H18Cl3N3O3S/c1-12-14(22)4-2-5-16(12)24-18(27)11-30-20-26-25-19(29-20)6-3-9-28-17-8-7-13(21)10-15(17)23/h2,4-5,7-8,10H,3,6,9,11H2,1H3,(H,24,27). The third-order valence-corrected chi connectivity index (χ3v) is 5.76. The van der Waals surface area contributed by atoms with Crippen LogP contribution in [0.3, 0.4) is 0 Å². The number of amides is 1. The van der Waals surface area contributed by atoms with E-state index in [9.17, 15) is 4.79 Å². The maximum absolute atomic E-state index is 12.1. The number of thioether (sulfide) groups is 1. The van der Waals surface area contributed by atoms with Crippen LogP contribution >= 0.6 is 46.6 Å². The molecule has 0 spiro atoms. The summed E-state index contributed by atoms with van der Waals surface area (Å²) in [4.78, 5) is 12.1. The summed E-state index contributed by atoms with van der Waals surface area (Å²) in [5.41, 5.74) is 1.50. The number of nitrogens with one attached hydrogen (secondary N) is 1. The largest absolute Gasteiger partial charge is 0.492 e. The molecule has 1 N–H and O–H groups in total. The lowest BCUT2D eigenvalue weighted by molar-refractivity contribution is -0.113. The average Bonchev–Trinajstić information content (AvgIpc) is 3.16. The van der Waals surface area contributed by atoms with Gasteiger partial charge in [-0.2, -0.15) is 0 Å². The van der Waals surface area contributed by atoms with Crippen molar-refractivity contribution in [2.45, 2.75) is 25.0 Å². The van der Waals surface area contributed by atoms with Gasteiger partial charge in [0, 0.05) is 22.2 Å². The predicted octanol–water partition coefficient (Wildman–Crippen LogP) is 6.08. The van der Waals surface area contributed by atoms with Crippen LogP contribution in [-0.2, 0) is 11.2 Å². The summed E-state index contributed by atoms with van der Waals surface area (Å²) in [6.45, 7) is 2.29. The van der Waals surface area contributed by atoms with Gasteiger partial charge in [0.05, 0.1) is 17.4 Å². The number of aromatic nitrogens is 2. The second kappa shape index (κ2) is 10.9. The van der Waals surface area contributed by atoms with Crippen molar-refractivity contribution in [2.75, 3.05) is 17.7 Å². The number of hydrogen-bond acceptors (Lipinski definition) is 6. The lowest BCUT2D eigenvalue weighted by Crippen LogP contribution is -2.14. The molecule has 6 nitrogen and oxygen atoms in total. The molecule has 0 bridgehead atoms. The SMILES string of the molecule is Cc1c(Cl)cccc1NC(=O)CSc1nnc(CCCOc2ccc(Cl)cc2Cl)o1. The molecule has 3 aromatic rings. The normalized spacial score (nSPS) is 10.8. The first-order chi connectivity index (χ1) is 14.4. The summed E-state index contributed by atoms with van der Waals surface area (Å²) in [6, 6.07) is 10.4. The number of halogens is 3. The molecule has 3 rings (SSSR count). The number of carbonyl (C=O) groups excluding carboxylic acids is 1. The van der Waals surface area contributed by atoms with E-state index in [1.54, 1.807) is 36.4 Å². The molecule has 0 atom stereocenters. The Morgan fingerprint density at radius 2 is 2.00 bits per heavy atom. The van der Waals surface area contributed by atoms with Crippen LogP contribution in [0, 0.1) is 6.92 Å². The number of anilines is 1. The van der Waals surface area contributed by atoms with E-state index in [2.05, 4.69) is 15.5 Å². The van der Waals surface area contributed by atoms with Gasteiger partial charge >= 0.3 is 0 Å². The minimum Gasteiger partial charge on any atom is -0.492 e. The Hall–Kier alpha value is -1.93. The summed E-state index contributed by atoms with van der Waals surface area (Å²) in [5.74, 6) is 1.02. The number of carbonyl (C=O) groups is 1. The van der Waals surface area contributed by atoms with Crippen LogP contribution < -0.4 is 10.1 Å². The van der Waals surface area contributed by atoms with Crippen LogP contribution in [0.2, 0.25) is 15.1 Å². The highest BCUT2D eigenvalue weighted by atomic mass is 35.5. The lowest BCUT2D eigenvalue weighted by atomic mass is 10.2. The van der Waals surface area contributed by atoms with E-state index in [1.165, 1.54) is 11.8 Å². The van der Waals surface area contributed by atoms with Crippen molar-refractivity contribution < 1.29 is 13.9 Å². The van der Waals surface area contributed by atoms with E-state index in [-0.39, 0.29) is 11.7 Å². The minimum absolute atomic E-state index is 0.145. The molecule has 0 fully saturated rings. The highest BCUT2D eigenvalue weighted by molar-refractivity contribution is 7.99. The molecule has 0 aliphatic heterocycles. The fraction of sp³-hybridized carbons (Fsp3) is 0.250. The quantitative estimate of drug-likeness (QED) is 0.292. The van der Waals surface area contributed by atoms with E-state index < -0.39 is 0 Å². The van der Waals surface area contributed by atoms with Crippen LogP contribution in [0.4, 0.5) is 5.69 Å². The molecule has 0 saturated heterocycles. The van der Waals surface area contributed by atoms with E-state index in [0.29, 0.717) is 57.1 Å². The molecular weight excluding hydrogens is 469 g/mol. The fourth-order valence-corrected chi connectivity index (χ4v) is 3.67. The number of ether oxygens (including phenoxy) is 1. The number of nitrogens with zero attached hydrogens (tertiary/aromatic N) is 2. The molecular formula is C20H18Cl3N3O3S. The maximum atomic E-state index is 12.1. The Kier molecular flexibility index (Phi) is 8.27. The van der Waals surface area contributed by atoms with E-state index in [4.69, 9.17) is 44.0 Å². The second-order valence-electron chi connectivity index (χ2n) is 6.24. The first-order valence-corrected chi connectivity index (χ1v) is 11.1. The summed E-state index contributed by atoms with van der Waals surface area (Å²) in [6.07, 6.45) is 1.21. The minimum atomic E-state index is -0.182. The van der Waals surface area contributed by atoms with Crippen molar-refractivity contribution in [3.05, 3.63) is 62.9 Å². The van der Waals surface area contributed by atoms with E-state index in [0.717, 1.165) is 5.56 Å². The molecule has 1 amide bonds. The van der Waals surface area contributed by atoms with Gasteiger partial charge in [-0.25, -0.2) is 0 Å². The monoisotopic (exact) mass is 485 g/mol. The van der Waals surface area contributed by atoms with Gasteiger partial charge in [-0.3, -0.25) is 4.79 Å². The molecule has 0 unspecified atom stereocenters. The smallest absolute Gasteiger partial charge is 0.277 e. The molecule has 0 saturated carbocycles. The second-order valence-corrected chi connectivity index (χ2v) is 8.42. The van der Waals surface area contributed by atoms with Crippen LogP contribution in [0.25, 0.3) is 0 Å². The number of hydrogen-bond donors (Lipinski definition) is 1. The number of rotatable bonds is 9. The molecule has 30 heavy (non-hydrogen) atoms. The Morgan fingerprint density at radius 3 is 2.80 bits per heavy atom. The van der Waals surface area contributed by atoms with Crippen molar-refractivity contribution in [3.8, 4) is 5.75 Å². The molecule has 0 aliphatic rings. The van der Waals surface area contributed by atoms with Gasteiger partial charge < -0.3 is 14.5 Å². The molecule has 0 aliphatic carbocycles. The van der Waals surface area contributed by atoms with Gasteiger partial charge in [-0.15, -0.1) is 10.2 Å². The highest BCUT2D eigenvalue weighted by Gasteiger charge is 2.12. The molecule has 1 aromatic heterocycles. The lowest BCUT2D eigenvalue weighted by Gasteiger charge is -2.08. The van der Waals surface area contributed by atoms with Crippen LogP contribution in [-0.4, -0.2) is 28.5 Å². The van der Waals surface area contributed by atoms with Gasteiger partial charge in [0.15, 0.2) is 0 Å². The van der Waals surface area contributed by atoms with Crippen LogP contribution in [0.15, 0.2) is 46.0 Å². The topological polar surface area (TPSA) is 77.2 Å². The van der Waals surface area contributed by atoms with Gasteiger partial charge in [-0.05, 0) is 49.2 Å². The molecule has 1 heterocycles. The summed E-state index contributed by atoms with van der Waals surface area (Å²) in [5, 5.41) is 12.7. The Bertz CT molecular complexity index is 1030. The molecule has 158 valence electrons. The first-order valence-electron chi connectivity index (χ1n) is 9.00. The average molecular weight is 487 g/mol. The van der Waals surface area contributed by atoms with Crippen molar-refractivity contribution >= 4 is 58.2 Å². The summed E-state index contributed by atoms with van der Waals surface area (Å²) >= 11 is 19.2. The zero-order valence-corrected chi connectivity index (χ0v) is 19.0. The Labute approximate surface area is 193 Å². The first kappa shape index (κ1) is 22.7. The van der Waals surface area contributed by atoms with E-state index in [1.807, 2.05) is 6.92 Å². The van der Waals surface area contributed by atoms with E-state index >= 15 is 0 Å². The van der Waals surface area contributed by atoms with Crippen LogP contribution in [0.5, 0.6) is 5.75 Å². The van der Waals surface area contributed by atoms with Crippen molar-refractivity contribution in [2.24, 2.45) is 0 Å². The van der Waals surface area contributed by atoms with Crippen LogP contribution in [0.1, 0.15) is 17.9 Å². The maximum Gasteiger partial charge on any atom is 0.277 e. The zero-order valence-electron chi connectivity index (χ0n) is 16.0. The Balaban J connectivity index is 1.40. The summed E-state index contributed by atoms with van der Waals surface area (Å²) < 4.78 is 11.2. The molecule has 10 heteroatoms. The van der Waals surface area contributed by atoms with Crippen molar-refractivity contribution in [1.82, 2.24) is 10.2 Å². The van der Waals surface area contributed by atoms with Crippen molar-refractivity contribution in [1.29, 1.82) is 0 Å². The predicted molar refractivity (Wildman–Crippen MR) is 120 cm³/mol. The molecule has 2 aromatic carbocycles. The van der Waals surface area contributed by atoms with Gasteiger partial charge in [0.1, 0.15) is 5.75 Å². The third-order valence-electron chi connectivity index (χ3n) is 4.00. The number of aryl methyl sites for hydroxylation is 1.